The van der Waals surface area contributed by atoms with E-state index in [0.29, 0.717) is 6.04 Å². The molecule has 0 spiro atoms. The van der Waals surface area contributed by atoms with Crippen LogP contribution < -0.4 is 5.32 Å². The molecule has 1 atom stereocenters. The van der Waals surface area contributed by atoms with Crippen molar-refractivity contribution in [2.45, 2.75) is 26.3 Å². The lowest BCUT2D eigenvalue weighted by atomic mass is 10.2. The number of nitrogens with one attached hydrogen (secondary N) is 1. The first kappa shape index (κ1) is 11.0. The Morgan fingerprint density at radius 2 is 2.36 bits per heavy atom. The Hall–Kier alpha value is -1.03. The van der Waals surface area contributed by atoms with Crippen molar-refractivity contribution in [3.63, 3.8) is 0 Å². The van der Waals surface area contributed by atoms with E-state index in [1.807, 2.05) is 24.7 Å². The van der Waals surface area contributed by atoms with E-state index >= 15 is 0 Å². The Morgan fingerprint density at radius 1 is 1.64 bits per heavy atom. The van der Waals surface area contributed by atoms with Gasteiger partial charge in [0, 0.05) is 33.0 Å². The second-order valence-corrected chi connectivity index (χ2v) is 3.64. The lowest BCUT2D eigenvalue weighted by Crippen LogP contribution is -2.19. The normalized spacial score (nSPS) is 12.9. The average Bonchev–Trinajstić information content (AvgIpc) is 2.42. The number of anilines is 1. The molecule has 1 rings (SSSR count). The van der Waals surface area contributed by atoms with Gasteiger partial charge in [0.05, 0.1) is 5.69 Å². The Labute approximate surface area is 85.3 Å². The lowest BCUT2D eigenvalue weighted by Gasteiger charge is -2.13. The minimum absolute atomic E-state index is 0.385. The van der Waals surface area contributed by atoms with Crippen LogP contribution in [0, 0.1) is 6.92 Å². The summed E-state index contributed by atoms with van der Waals surface area (Å²) in [5.74, 6) is 0.922. The highest BCUT2D eigenvalue weighted by atomic mass is 16.5. The summed E-state index contributed by atoms with van der Waals surface area (Å²) in [5.41, 5.74) is 1.04. The summed E-state index contributed by atoms with van der Waals surface area (Å²) in [4.78, 5) is 4.37. The molecule has 0 aliphatic rings. The number of aryl methyl sites for hydroxylation is 2. The molecular formula is C10H19N3O. The minimum atomic E-state index is 0.385. The van der Waals surface area contributed by atoms with Crippen molar-refractivity contribution < 1.29 is 4.74 Å². The van der Waals surface area contributed by atoms with Crippen LogP contribution in [0.3, 0.4) is 0 Å². The van der Waals surface area contributed by atoms with E-state index in [2.05, 4.69) is 17.2 Å². The number of nitrogens with zero attached hydrogens (tertiary/aromatic N) is 2. The summed E-state index contributed by atoms with van der Waals surface area (Å²) in [5, 5.41) is 3.34. The van der Waals surface area contributed by atoms with Crippen LogP contribution in [0.5, 0.6) is 0 Å². The molecular weight excluding hydrogens is 178 g/mol. The van der Waals surface area contributed by atoms with E-state index in [0.717, 1.165) is 24.7 Å². The molecule has 1 heterocycles. The Bertz CT molecular complexity index is 283. The summed E-state index contributed by atoms with van der Waals surface area (Å²) in [7, 11) is 3.71. The second kappa shape index (κ2) is 5.00. The maximum Gasteiger partial charge on any atom is 0.202 e. The van der Waals surface area contributed by atoms with Gasteiger partial charge in [0.1, 0.15) is 0 Å². The number of ether oxygens (including phenoxy) is 1. The molecule has 1 aromatic heterocycles. The monoisotopic (exact) mass is 197 g/mol. The summed E-state index contributed by atoms with van der Waals surface area (Å²) in [6.45, 7) is 4.89. The first-order valence-electron chi connectivity index (χ1n) is 4.89. The van der Waals surface area contributed by atoms with E-state index < -0.39 is 0 Å². The third-order valence-corrected chi connectivity index (χ3v) is 2.13. The van der Waals surface area contributed by atoms with Crippen LogP contribution in [0.2, 0.25) is 0 Å². The molecule has 0 aliphatic heterocycles. The van der Waals surface area contributed by atoms with Gasteiger partial charge in [-0.05, 0) is 20.3 Å². The molecule has 0 aliphatic carbocycles. The predicted octanol–water partition coefficient (Wildman–Crippen LogP) is 1.57. The molecule has 14 heavy (non-hydrogen) atoms. The van der Waals surface area contributed by atoms with Crippen molar-refractivity contribution in [1.82, 2.24) is 9.55 Å². The fourth-order valence-electron chi connectivity index (χ4n) is 1.34. The van der Waals surface area contributed by atoms with E-state index in [1.165, 1.54) is 0 Å². The lowest BCUT2D eigenvalue weighted by molar-refractivity contribution is 0.191. The zero-order valence-corrected chi connectivity index (χ0v) is 9.37. The second-order valence-electron chi connectivity index (χ2n) is 3.64. The standard InChI is InChI=1S/C10H19N3O/c1-8(5-6-14-4)11-10-12-9(2)7-13(10)3/h7-8H,5-6H2,1-4H3,(H,11,12). The first-order valence-corrected chi connectivity index (χ1v) is 4.89. The maximum absolute atomic E-state index is 5.02. The van der Waals surface area contributed by atoms with Gasteiger partial charge in [-0.1, -0.05) is 0 Å². The van der Waals surface area contributed by atoms with E-state index in [1.54, 1.807) is 7.11 Å². The molecule has 4 heteroatoms. The van der Waals surface area contributed by atoms with Gasteiger partial charge in [-0.15, -0.1) is 0 Å². The molecule has 1 unspecified atom stereocenters. The van der Waals surface area contributed by atoms with Crippen molar-refractivity contribution in [2.75, 3.05) is 19.0 Å². The molecule has 4 nitrogen and oxygen atoms in total. The SMILES string of the molecule is COCCC(C)Nc1nc(C)cn1C. The minimum Gasteiger partial charge on any atom is -0.385 e. The molecule has 0 aromatic carbocycles. The topological polar surface area (TPSA) is 39.1 Å². The molecule has 80 valence electrons. The summed E-state index contributed by atoms with van der Waals surface area (Å²) in [6.07, 6.45) is 2.99. The van der Waals surface area contributed by atoms with Crippen LogP contribution in [-0.2, 0) is 11.8 Å². The number of aromatic nitrogens is 2. The quantitative estimate of drug-likeness (QED) is 0.778. The van der Waals surface area contributed by atoms with Crippen molar-refractivity contribution >= 4 is 5.95 Å². The molecule has 0 amide bonds. The van der Waals surface area contributed by atoms with Gasteiger partial charge in [0.25, 0.3) is 0 Å². The van der Waals surface area contributed by atoms with Gasteiger partial charge >= 0.3 is 0 Å². The third kappa shape index (κ3) is 3.03. The van der Waals surface area contributed by atoms with Crippen LogP contribution in [0.15, 0.2) is 6.20 Å². The third-order valence-electron chi connectivity index (χ3n) is 2.13. The molecule has 0 fully saturated rings. The Morgan fingerprint density at radius 3 is 2.86 bits per heavy atom. The van der Waals surface area contributed by atoms with Crippen molar-refractivity contribution in [3.05, 3.63) is 11.9 Å². The fourth-order valence-corrected chi connectivity index (χ4v) is 1.34. The number of methoxy groups -OCH3 is 1. The van der Waals surface area contributed by atoms with Crippen LogP contribution in [0.25, 0.3) is 0 Å². The molecule has 0 radical (unpaired) electrons. The number of hydrogen-bond acceptors (Lipinski definition) is 3. The fraction of sp³-hybridized carbons (Fsp3) is 0.700. The largest absolute Gasteiger partial charge is 0.385 e. The van der Waals surface area contributed by atoms with E-state index in [4.69, 9.17) is 4.74 Å². The summed E-state index contributed by atoms with van der Waals surface area (Å²) < 4.78 is 7.02. The number of rotatable bonds is 5. The van der Waals surface area contributed by atoms with E-state index in [9.17, 15) is 0 Å². The zero-order valence-electron chi connectivity index (χ0n) is 9.37. The number of hydrogen-bond donors (Lipinski definition) is 1. The first-order chi connectivity index (χ1) is 6.63. The van der Waals surface area contributed by atoms with Crippen molar-refractivity contribution in [1.29, 1.82) is 0 Å². The van der Waals surface area contributed by atoms with Gasteiger partial charge in [-0.3, -0.25) is 0 Å². The smallest absolute Gasteiger partial charge is 0.202 e. The number of imidazole rings is 1. The predicted molar refractivity (Wildman–Crippen MR) is 57.5 cm³/mol. The Balaban J connectivity index is 2.47. The highest BCUT2D eigenvalue weighted by molar-refractivity contribution is 5.29. The highest BCUT2D eigenvalue weighted by Gasteiger charge is 2.06. The molecule has 0 bridgehead atoms. The van der Waals surface area contributed by atoms with Gasteiger partial charge in [-0.2, -0.15) is 0 Å². The summed E-state index contributed by atoms with van der Waals surface area (Å²) >= 11 is 0. The van der Waals surface area contributed by atoms with Gasteiger partial charge < -0.3 is 14.6 Å². The van der Waals surface area contributed by atoms with E-state index in [-0.39, 0.29) is 0 Å². The van der Waals surface area contributed by atoms with Gasteiger partial charge in [0.2, 0.25) is 5.95 Å². The van der Waals surface area contributed by atoms with Crippen LogP contribution in [0.1, 0.15) is 19.0 Å². The molecule has 0 saturated carbocycles. The maximum atomic E-state index is 5.02. The zero-order chi connectivity index (χ0) is 10.6. The van der Waals surface area contributed by atoms with Crippen molar-refractivity contribution in [2.24, 2.45) is 7.05 Å². The highest BCUT2D eigenvalue weighted by Crippen LogP contribution is 2.08. The Kier molecular flexibility index (Phi) is 3.95. The summed E-state index contributed by atoms with van der Waals surface area (Å²) in [6, 6.07) is 0.385. The van der Waals surface area contributed by atoms with Gasteiger partial charge in [0.15, 0.2) is 0 Å². The van der Waals surface area contributed by atoms with Crippen molar-refractivity contribution in [3.8, 4) is 0 Å². The molecule has 0 saturated heterocycles. The van der Waals surface area contributed by atoms with Gasteiger partial charge in [-0.25, -0.2) is 4.98 Å². The van der Waals surface area contributed by atoms with Crippen LogP contribution in [0.4, 0.5) is 5.95 Å². The molecule has 1 N–H and O–H groups in total. The molecule has 1 aromatic rings. The average molecular weight is 197 g/mol. The van der Waals surface area contributed by atoms with Crippen LogP contribution >= 0.6 is 0 Å². The van der Waals surface area contributed by atoms with Crippen LogP contribution in [-0.4, -0.2) is 29.3 Å².